The average molecular weight is 359 g/mol. The molecule has 0 unspecified atom stereocenters. The number of carbonyl (C=O) groups excluding carboxylic acids is 1. The molecule has 6 heteroatoms. The summed E-state index contributed by atoms with van der Waals surface area (Å²) in [6, 6.07) is 9.75. The minimum absolute atomic E-state index is 0.0630. The first-order chi connectivity index (χ1) is 12.3. The van der Waals surface area contributed by atoms with Crippen LogP contribution in [-0.2, 0) is 16.0 Å². The number of nitrogens with one attached hydrogen (secondary N) is 1. The van der Waals surface area contributed by atoms with Gasteiger partial charge in [-0.05, 0) is 47.7 Å². The summed E-state index contributed by atoms with van der Waals surface area (Å²) in [4.78, 5) is 22.7. The van der Waals surface area contributed by atoms with E-state index in [1.165, 1.54) is 12.1 Å². The van der Waals surface area contributed by atoms with Crippen LogP contribution < -0.4 is 10.1 Å². The summed E-state index contributed by atoms with van der Waals surface area (Å²) in [6.45, 7) is 5.82. The number of carbonyl (C=O) groups is 2. The number of hydrogen-bond acceptors (Lipinski definition) is 3. The maximum atomic E-state index is 13.9. The molecule has 0 radical (unpaired) electrons. The van der Waals surface area contributed by atoms with E-state index in [0.717, 1.165) is 17.2 Å². The number of carboxylic acid groups (broad SMARTS) is 1. The molecule has 0 aliphatic heterocycles. The molecular weight excluding hydrogens is 337 g/mol. The molecule has 5 nitrogen and oxygen atoms in total. The second-order valence-corrected chi connectivity index (χ2v) is 6.41. The van der Waals surface area contributed by atoms with Crippen molar-refractivity contribution in [3.05, 3.63) is 58.9 Å². The fourth-order valence-electron chi connectivity index (χ4n) is 2.52. The summed E-state index contributed by atoms with van der Waals surface area (Å²) >= 11 is 0. The number of halogens is 1. The van der Waals surface area contributed by atoms with Crippen molar-refractivity contribution < 1.29 is 23.8 Å². The molecule has 0 saturated carbocycles. The van der Waals surface area contributed by atoms with Crippen molar-refractivity contribution >= 4 is 17.6 Å². The number of carboxylic acids is 1. The second-order valence-electron chi connectivity index (χ2n) is 6.41. The van der Waals surface area contributed by atoms with E-state index in [1.807, 2.05) is 39.0 Å². The summed E-state index contributed by atoms with van der Waals surface area (Å²) in [5.74, 6) is -1.31. The predicted octanol–water partition coefficient (Wildman–Crippen LogP) is 3.90. The van der Waals surface area contributed by atoms with Crippen LogP contribution in [0.5, 0.6) is 5.75 Å². The average Bonchev–Trinajstić information content (AvgIpc) is 2.55. The van der Waals surface area contributed by atoms with E-state index in [2.05, 4.69) is 5.32 Å². The summed E-state index contributed by atoms with van der Waals surface area (Å²) in [6.07, 6.45) is -0.408. The predicted molar refractivity (Wildman–Crippen MR) is 97.1 cm³/mol. The molecule has 2 aromatic rings. The number of hydrogen-bond donors (Lipinski definition) is 2. The third kappa shape index (κ3) is 5.31. The van der Waals surface area contributed by atoms with Crippen LogP contribution in [0.4, 0.5) is 10.1 Å². The van der Waals surface area contributed by atoms with Crippen LogP contribution in [0.25, 0.3) is 0 Å². The number of benzene rings is 2. The van der Waals surface area contributed by atoms with Crippen molar-refractivity contribution in [2.75, 3.05) is 11.9 Å². The lowest BCUT2D eigenvalue weighted by Crippen LogP contribution is -2.21. The van der Waals surface area contributed by atoms with Gasteiger partial charge in [0, 0.05) is 5.69 Å². The maximum absolute atomic E-state index is 13.9. The quantitative estimate of drug-likeness (QED) is 0.786. The Bertz CT molecular complexity index is 817. The van der Waals surface area contributed by atoms with Gasteiger partial charge in [0.2, 0.25) is 0 Å². The molecule has 0 atom stereocenters. The SMILES string of the molecule is Cc1ccc(C(C)C)c(OCC(=O)Nc2ccc(CC(=O)O)c(F)c2)c1. The molecule has 2 aromatic carbocycles. The summed E-state index contributed by atoms with van der Waals surface area (Å²) in [5.41, 5.74) is 2.35. The molecule has 1 amide bonds. The van der Waals surface area contributed by atoms with Gasteiger partial charge < -0.3 is 15.2 Å². The van der Waals surface area contributed by atoms with Crippen LogP contribution in [0.2, 0.25) is 0 Å². The monoisotopic (exact) mass is 359 g/mol. The van der Waals surface area contributed by atoms with Gasteiger partial charge in [0.25, 0.3) is 5.91 Å². The first-order valence-electron chi connectivity index (χ1n) is 8.29. The molecule has 26 heavy (non-hydrogen) atoms. The standard InChI is InChI=1S/C20H22FNO4/c1-12(2)16-7-4-13(3)8-18(16)26-11-19(23)22-15-6-5-14(9-20(24)25)17(21)10-15/h4-8,10,12H,9,11H2,1-3H3,(H,22,23)(H,24,25). The fourth-order valence-corrected chi connectivity index (χ4v) is 2.52. The first-order valence-corrected chi connectivity index (χ1v) is 8.29. The smallest absolute Gasteiger partial charge is 0.307 e. The van der Waals surface area contributed by atoms with Gasteiger partial charge in [0.05, 0.1) is 6.42 Å². The summed E-state index contributed by atoms with van der Waals surface area (Å²) in [5, 5.41) is 11.3. The van der Waals surface area contributed by atoms with Crippen molar-refractivity contribution in [2.24, 2.45) is 0 Å². The van der Waals surface area contributed by atoms with Crippen molar-refractivity contribution in [1.29, 1.82) is 0 Å². The number of anilines is 1. The second kappa shape index (κ2) is 8.47. The molecule has 0 saturated heterocycles. The molecule has 0 heterocycles. The van der Waals surface area contributed by atoms with Crippen molar-refractivity contribution in [3.8, 4) is 5.75 Å². The number of amides is 1. The zero-order valence-corrected chi connectivity index (χ0v) is 15.0. The number of ether oxygens (including phenoxy) is 1. The maximum Gasteiger partial charge on any atom is 0.307 e. The zero-order chi connectivity index (χ0) is 19.3. The summed E-state index contributed by atoms with van der Waals surface area (Å²) in [7, 11) is 0. The lowest BCUT2D eigenvalue weighted by Gasteiger charge is -2.15. The van der Waals surface area contributed by atoms with Gasteiger partial charge in [-0.3, -0.25) is 9.59 Å². The lowest BCUT2D eigenvalue weighted by molar-refractivity contribution is -0.136. The third-order valence-electron chi connectivity index (χ3n) is 3.83. The van der Waals surface area contributed by atoms with Crippen LogP contribution in [0, 0.1) is 12.7 Å². The molecule has 0 aromatic heterocycles. The Balaban J connectivity index is 2.00. The molecule has 0 aliphatic rings. The van der Waals surface area contributed by atoms with Gasteiger partial charge in [-0.1, -0.05) is 32.0 Å². The molecule has 2 N–H and O–H groups in total. The molecule has 0 spiro atoms. The van der Waals surface area contributed by atoms with E-state index >= 15 is 0 Å². The molecule has 138 valence electrons. The van der Waals surface area contributed by atoms with Crippen molar-refractivity contribution in [3.63, 3.8) is 0 Å². The Morgan fingerprint density at radius 1 is 1.19 bits per heavy atom. The van der Waals surface area contributed by atoms with Crippen LogP contribution in [-0.4, -0.2) is 23.6 Å². The van der Waals surface area contributed by atoms with Gasteiger partial charge in [-0.2, -0.15) is 0 Å². The number of aryl methyl sites for hydroxylation is 1. The third-order valence-corrected chi connectivity index (χ3v) is 3.83. The molecular formula is C20H22FNO4. The van der Waals surface area contributed by atoms with Crippen LogP contribution in [0.3, 0.4) is 0 Å². The Kier molecular flexibility index (Phi) is 6.33. The van der Waals surface area contributed by atoms with Gasteiger partial charge in [-0.25, -0.2) is 4.39 Å². The Morgan fingerprint density at radius 2 is 1.92 bits per heavy atom. The Hall–Kier alpha value is -2.89. The van der Waals surface area contributed by atoms with Gasteiger partial charge in [0.15, 0.2) is 6.61 Å². The lowest BCUT2D eigenvalue weighted by atomic mass is 10.0. The normalized spacial score (nSPS) is 10.7. The Labute approximate surface area is 151 Å². The van der Waals surface area contributed by atoms with Gasteiger partial charge in [-0.15, -0.1) is 0 Å². The van der Waals surface area contributed by atoms with Crippen molar-refractivity contribution in [2.45, 2.75) is 33.1 Å². The summed E-state index contributed by atoms with van der Waals surface area (Å²) < 4.78 is 19.5. The number of aliphatic carboxylic acids is 1. The van der Waals surface area contributed by atoms with Crippen molar-refractivity contribution in [1.82, 2.24) is 0 Å². The zero-order valence-electron chi connectivity index (χ0n) is 15.0. The number of rotatable bonds is 7. The highest BCUT2D eigenvalue weighted by Crippen LogP contribution is 2.27. The highest BCUT2D eigenvalue weighted by Gasteiger charge is 2.12. The van der Waals surface area contributed by atoms with E-state index < -0.39 is 24.1 Å². The van der Waals surface area contributed by atoms with E-state index in [-0.39, 0.29) is 23.8 Å². The van der Waals surface area contributed by atoms with Gasteiger partial charge >= 0.3 is 5.97 Å². The molecule has 0 aliphatic carbocycles. The molecule has 0 fully saturated rings. The highest BCUT2D eigenvalue weighted by molar-refractivity contribution is 5.92. The fraction of sp³-hybridized carbons (Fsp3) is 0.300. The van der Waals surface area contributed by atoms with E-state index in [1.54, 1.807) is 0 Å². The molecule has 0 bridgehead atoms. The minimum atomic E-state index is -1.12. The minimum Gasteiger partial charge on any atom is -0.483 e. The molecule has 2 rings (SSSR count). The van der Waals surface area contributed by atoms with Crippen LogP contribution in [0.1, 0.15) is 36.5 Å². The largest absolute Gasteiger partial charge is 0.483 e. The van der Waals surface area contributed by atoms with E-state index in [9.17, 15) is 14.0 Å². The topological polar surface area (TPSA) is 75.6 Å². The van der Waals surface area contributed by atoms with Crippen LogP contribution >= 0.6 is 0 Å². The van der Waals surface area contributed by atoms with E-state index in [4.69, 9.17) is 9.84 Å². The Morgan fingerprint density at radius 3 is 2.54 bits per heavy atom. The first kappa shape index (κ1) is 19.4. The van der Waals surface area contributed by atoms with E-state index in [0.29, 0.717) is 5.75 Å². The van der Waals surface area contributed by atoms with Crippen LogP contribution in [0.15, 0.2) is 36.4 Å². The highest BCUT2D eigenvalue weighted by atomic mass is 19.1. The van der Waals surface area contributed by atoms with Gasteiger partial charge in [0.1, 0.15) is 11.6 Å².